The van der Waals surface area contributed by atoms with E-state index in [4.69, 9.17) is 15.2 Å². The summed E-state index contributed by atoms with van der Waals surface area (Å²) in [5.41, 5.74) is 8.43. The lowest BCUT2D eigenvalue weighted by atomic mass is 10.1. The van der Waals surface area contributed by atoms with Crippen molar-refractivity contribution in [2.24, 2.45) is 0 Å². The van der Waals surface area contributed by atoms with E-state index < -0.39 is 0 Å². The minimum absolute atomic E-state index is 0. The molecule has 9 heteroatoms. The van der Waals surface area contributed by atoms with Crippen LogP contribution in [0.3, 0.4) is 0 Å². The summed E-state index contributed by atoms with van der Waals surface area (Å²) in [6.07, 6.45) is 5.82. The second-order valence-corrected chi connectivity index (χ2v) is 6.42. The molecule has 0 spiro atoms. The number of rotatable bonds is 10. The molecule has 2 rings (SSSR count). The molecule has 0 aliphatic heterocycles. The Morgan fingerprint density at radius 2 is 1.96 bits per heavy atom. The second kappa shape index (κ2) is 11.6. The average molecular weight is 410 g/mol. The Balaban J connectivity index is 0.00000392. The molecule has 4 N–H and O–H groups in total. The van der Waals surface area contributed by atoms with Gasteiger partial charge in [-0.2, -0.15) is 18.5 Å². The molecular formula is C19H31N5O3S. The van der Waals surface area contributed by atoms with Crippen molar-refractivity contribution in [2.75, 3.05) is 24.8 Å². The van der Waals surface area contributed by atoms with Crippen LogP contribution >= 0.6 is 13.5 Å². The number of methoxy groups -OCH3 is 1. The van der Waals surface area contributed by atoms with Gasteiger partial charge in [-0.15, -0.1) is 0 Å². The van der Waals surface area contributed by atoms with Crippen LogP contribution in [0.4, 0.5) is 11.8 Å². The molecule has 28 heavy (non-hydrogen) atoms. The van der Waals surface area contributed by atoms with Crippen LogP contribution in [0.5, 0.6) is 11.5 Å². The third kappa shape index (κ3) is 6.13. The minimum atomic E-state index is 0. The fourth-order valence-electron chi connectivity index (χ4n) is 2.94. The van der Waals surface area contributed by atoms with Crippen molar-refractivity contribution in [3.8, 4) is 11.5 Å². The Labute approximate surface area is 173 Å². The molecular weight excluding hydrogens is 378 g/mol. The first kappa shape index (κ1) is 23.8. The highest BCUT2D eigenvalue weighted by molar-refractivity contribution is 7.59. The number of aliphatic hydroxyl groups excluding tert-OH is 1. The number of nitrogens with two attached hydrogens (primary N) is 1. The number of aliphatic hydroxyl groups is 1. The van der Waals surface area contributed by atoms with Crippen molar-refractivity contribution < 1.29 is 14.6 Å². The standard InChI is InChI=1S/C19H29N5O3.H2S/c1-5-6-14(7-8-25)23-18-16(10-22-19(20)24-18)27-11-15-13(3)17(26-4)12(2)9-21-15;/h9-10,14,25H,5-8,11H2,1-4H3,(H3,20,22,23,24);1H2/t14-;/m0./s1. The molecule has 0 aliphatic carbocycles. The predicted molar refractivity (Wildman–Crippen MR) is 115 cm³/mol. The van der Waals surface area contributed by atoms with Gasteiger partial charge in [0.25, 0.3) is 0 Å². The van der Waals surface area contributed by atoms with E-state index in [0.29, 0.717) is 18.0 Å². The zero-order chi connectivity index (χ0) is 19.8. The molecule has 2 aromatic heterocycles. The van der Waals surface area contributed by atoms with Crippen molar-refractivity contribution in [1.29, 1.82) is 0 Å². The van der Waals surface area contributed by atoms with Crippen LogP contribution < -0.4 is 20.5 Å². The van der Waals surface area contributed by atoms with Crippen LogP contribution in [0.15, 0.2) is 12.4 Å². The average Bonchev–Trinajstić information content (AvgIpc) is 2.63. The SMILES string of the molecule is CCC[C@@H](CCO)Nc1nc(N)ncc1OCc1ncc(C)c(OC)c1C.S. The maximum Gasteiger partial charge on any atom is 0.222 e. The van der Waals surface area contributed by atoms with Gasteiger partial charge in [-0.3, -0.25) is 4.98 Å². The molecule has 0 aliphatic rings. The highest BCUT2D eigenvalue weighted by atomic mass is 32.1. The first-order valence-corrected chi connectivity index (χ1v) is 9.11. The molecule has 0 bridgehead atoms. The number of nitrogens with zero attached hydrogens (tertiary/aromatic N) is 3. The van der Waals surface area contributed by atoms with Gasteiger partial charge >= 0.3 is 0 Å². The predicted octanol–water partition coefficient (Wildman–Crippen LogP) is 2.73. The van der Waals surface area contributed by atoms with Crippen LogP contribution in [-0.2, 0) is 6.61 Å². The quantitative estimate of drug-likeness (QED) is 0.549. The van der Waals surface area contributed by atoms with Gasteiger partial charge in [-0.25, -0.2) is 4.98 Å². The van der Waals surface area contributed by atoms with Crippen LogP contribution in [0.1, 0.15) is 43.0 Å². The summed E-state index contributed by atoms with van der Waals surface area (Å²) in [7, 11) is 1.64. The van der Waals surface area contributed by atoms with E-state index in [9.17, 15) is 5.11 Å². The van der Waals surface area contributed by atoms with E-state index in [1.165, 1.54) is 0 Å². The van der Waals surface area contributed by atoms with E-state index in [1.807, 2.05) is 13.8 Å². The Morgan fingerprint density at radius 3 is 2.61 bits per heavy atom. The number of aromatic nitrogens is 3. The molecule has 1 atom stereocenters. The zero-order valence-electron chi connectivity index (χ0n) is 17.0. The van der Waals surface area contributed by atoms with E-state index in [2.05, 4.69) is 27.2 Å². The van der Waals surface area contributed by atoms with E-state index >= 15 is 0 Å². The lowest BCUT2D eigenvalue weighted by Gasteiger charge is -2.20. The Hall–Kier alpha value is -2.26. The number of hydrogen-bond donors (Lipinski definition) is 3. The molecule has 0 saturated heterocycles. The van der Waals surface area contributed by atoms with Gasteiger partial charge < -0.3 is 25.6 Å². The van der Waals surface area contributed by atoms with Crippen molar-refractivity contribution in [3.63, 3.8) is 0 Å². The number of aryl methyl sites for hydroxylation is 1. The van der Waals surface area contributed by atoms with E-state index in [-0.39, 0.29) is 38.7 Å². The van der Waals surface area contributed by atoms with Crippen LogP contribution in [0.2, 0.25) is 0 Å². The first-order valence-electron chi connectivity index (χ1n) is 9.11. The number of pyridine rings is 1. The summed E-state index contributed by atoms with van der Waals surface area (Å²) >= 11 is 0. The van der Waals surface area contributed by atoms with E-state index in [1.54, 1.807) is 19.5 Å². The lowest BCUT2D eigenvalue weighted by molar-refractivity contribution is 0.275. The summed E-state index contributed by atoms with van der Waals surface area (Å²) in [5, 5.41) is 12.6. The molecule has 0 fully saturated rings. The minimum Gasteiger partial charge on any atom is -0.496 e. The summed E-state index contributed by atoms with van der Waals surface area (Å²) in [5.74, 6) is 1.98. The van der Waals surface area contributed by atoms with Gasteiger partial charge in [0.05, 0.1) is 19.0 Å². The fourth-order valence-corrected chi connectivity index (χ4v) is 2.94. The van der Waals surface area contributed by atoms with Gasteiger partial charge in [0.2, 0.25) is 5.95 Å². The third-order valence-electron chi connectivity index (χ3n) is 4.34. The van der Waals surface area contributed by atoms with Crippen LogP contribution in [0, 0.1) is 13.8 Å². The van der Waals surface area contributed by atoms with Gasteiger partial charge in [-0.05, 0) is 26.7 Å². The Bertz CT molecular complexity index is 755. The zero-order valence-corrected chi connectivity index (χ0v) is 18.0. The topological polar surface area (TPSA) is 115 Å². The largest absolute Gasteiger partial charge is 0.496 e. The molecule has 0 amide bonds. The smallest absolute Gasteiger partial charge is 0.222 e. The maximum absolute atomic E-state index is 9.27. The Morgan fingerprint density at radius 1 is 1.21 bits per heavy atom. The number of hydrogen-bond acceptors (Lipinski definition) is 8. The second-order valence-electron chi connectivity index (χ2n) is 6.42. The summed E-state index contributed by atoms with van der Waals surface area (Å²) in [4.78, 5) is 12.7. The van der Waals surface area contributed by atoms with Crippen molar-refractivity contribution in [1.82, 2.24) is 15.0 Å². The highest BCUT2D eigenvalue weighted by Gasteiger charge is 2.15. The molecule has 156 valence electrons. The normalized spacial score (nSPS) is 11.5. The summed E-state index contributed by atoms with van der Waals surface area (Å²) in [6, 6.07) is 0.0796. The Kier molecular flexibility index (Phi) is 9.81. The number of nitrogens with one attached hydrogen (secondary N) is 1. The fraction of sp³-hybridized carbons (Fsp3) is 0.526. The first-order chi connectivity index (χ1) is 13.0. The molecule has 0 radical (unpaired) electrons. The van der Waals surface area contributed by atoms with Gasteiger partial charge in [0.15, 0.2) is 11.6 Å². The summed E-state index contributed by atoms with van der Waals surface area (Å²) in [6.45, 7) is 6.35. The van der Waals surface area contributed by atoms with Gasteiger partial charge in [0.1, 0.15) is 12.4 Å². The monoisotopic (exact) mass is 409 g/mol. The molecule has 2 heterocycles. The molecule has 0 saturated carbocycles. The molecule has 0 aromatic carbocycles. The van der Waals surface area contributed by atoms with Crippen molar-refractivity contribution in [2.45, 2.75) is 52.7 Å². The highest BCUT2D eigenvalue weighted by Crippen LogP contribution is 2.27. The molecule has 0 unspecified atom stereocenters. The molecule has 2 aromatic rings. The van der Waals surface area contributed by atoms with Gasteiger partial charge in [-0.1, -0.05) is 13.3 Å². The number of ether oxygens (including phenoxy) is 2. The third-order valence-corrected chi connectivity index (χ3v) is 4.34. The van der Waals surface area contributed by atoms with Gasteiger partial charge in [0, 0.05) is 30.0 Å². The van der Waals surface area contributed by atoms with Crippen LogP contribution in [-0.4, -0.2) is 39.8 Å². The number of nitrogen functional groups attached to an aromatic ring is 1. The lowest BCUT2D eigenvalue weighted by Crippen LogP contribution is -2.22. The maximum atomic E-state index is 9.27. The van der Waals surface area contributed by atoms with E-state index in [0.717, 1.165) is 35.4 Å². The van der Waals surface area contributed by atoms with Crippen molar-refractivity contribution in [3.05, 3.63) is 29.2 Å². The van der Waals surface area contributed by atoms with Crippen molar-refractivity contribution >= 4 is 25.3 Å². The molecule has 8 nitrogen and oxygen atoms in total. The number of anilines is 2. The summed E-state index contributed by atoms with van der Waals surface area (Å²) < 4.78 is 11.4. The van der Waals surface area contributed by atoms with Crippen LogP contribution in [0.25, 0.3) is 0 Å².